The number of anilines is 1. The molecule has 0 aliphatic rings. The third-order valence-corrected chi connectivity index (χ3v) is 5.80. The number of hydrogen-bond donors (Lipinski definition) is 3. The summed E-state index contributed by atoms with van der Waals surface area (Å²) in [5.41, 5.74) is 1.55. The lowest BCUT2D eigenvalue weighted by Gasteiger charge is -2.07. The van der Waals surface area contributed by atoms with E-state index in [-0.39, 0.29) is 10.7 Å². The molecule has 0 bridgehead atoms. The highest BCUT2D eigenvalue weighted by molar-refractivity contribution is 7.89. The zero-order chi connectivity index (χ0) is 24.0. The highest BCUT2D eigenvalue weighted by Crippen LogP contribution is 2.16. The molecule has 0 atom stereocenters. The van der Waals surface area contributed by atoms with Crippen LogP contribution < -0.4 is 15.8 Å². The predicted molar refractivity (Wildman–Crippen MR) is 127 cm³/mol. The van der Waals surface area contributed by atoms with Gasteiger partial charge in [0, 0.05) is 25.7 Å². The molecule has 4 aromatic rings. The van der Waals surface area contributed by atoms with Crippen molar-refractivity contribution < 1.29 is 13.2 Å². The Labute approximate surface area is 196 Å². The summed E-state index contributed by atoms with van der Waals surface area (Å²) in [6, 6.07) is 21.1. The van der Waals surface area contributed by atoms with Crippen molar-refractivity contribution in [2.24, 2.45) is 5.14 Å². The summed E-state index contributed by atoms with van der Waals surface area (Å²) >= 11 is 0. The number of nitrogens with one attached hydrogen (secondary N) is 2. The SMILES string of the molecule is NS(=O)(=O)c1ccc(-n2nc(C(=O)NCCNc3ccccn3)nc2Cc2ccccc2)cc1. The van der Waals surface area contributed by atoms with E-state index in [1.165, 1.54) is 16.8 Å². The Balaban J connectivity index is 1.52. The number of primary sulfonamides is 1. The quantitative estimate of drug-likeness (QED) is 0.311. The van der Waals surface area contributed by atoms with Gasteiger partial charge in [0.15, 0.2) is 0 Å². The summed E-state index contributed by atoms with van der Waals surface area (Å²) in [4.78, 5) is 21.3. The standard InChI is InChI=1S/C23H23N7O3S/c24-34(32,33)19-11-9-18(10-12-19)30-21(16-17-6-2-1-3-7-17)28-22(29-30)23(31)27-15-14-26-20-8-4-5-13-25-20/h1-13H,14-16H2,(H,25,26)(H,27,31)(H2,24,32,33). The van der Waals surface area contributed by atoms with E-state index in [4.69, 9.17) is 5.14 Å². The second-order valence-electron chi connectivity index (χ2n) is 7.36. The number of benzene rings is 2. The first kappa shape index (κ1) is 23.1. The molecular weight excluding hydrogens is 454 g/mol. The summed E-state index contributed by atoms with van der Waals surface area (Å²) < 4.78 is 24.7. The summed E-state index contributed by atoms with van der Waals surface area (Å²) in [5, 5.41) is 15.5. The molecule has 0 aliphatic heterocycles. The highest BCUT2D eigenvalue weighted by atomic mass is 32.2. The normalized spacial score (nSPS) is 11.2. The van der Waals surface area contributed by atoms with Crippen LogP contribution in [0.2, 0.25) is 0 Å². The molecule has 0 unspecified atom stereocenters. The Kier molecular flexibility index (Phi) is 6.95. The molecule has 10 nitrogen and oxygen atoms in total. The average molecular weight is 478 g/mol. The van der Waals surface area contributed by atoms with Gasteiger partial charge < -0.3 is 10.6 Å². The first-order valence-electron chi connectivity index (χ1n) is 10.5. The van der Waals surface area contributed by atoms with Gasteiger partial charge in [-0.05, 0) is 42.0 Å². The Bertz CT molecular complexity index is 1360. The minimum atomic E-state index is -3.82. The van der Waals surface area contributed by atoms with E-state index in [9.17, 15) is 13.2 Å². The lowest BCUT2D eigenvalue weighted by Crippen LogP contribution is -2.29. The molecule has 174 valence electrons. The first-order chi connectivity index (χ1) is 16.4. The molecular formula is C23H23N7O3S. The van der Waals surface area contributed by atoms with Crippen molar-refractivity contribution in [3.05, 3.63) is 96.2 Å². The number of hydrogen-bond acceptors (Lipinski definition) is 7. The molecule has 2 heterocycles. The van der Waals surface area contributed by atoms with Crippen LogP contribution in [-0.4, -0.2) is 47.2 Å². The molecule has 0 aliphatic carbocycles. The fraction of sp³-hybridized carbons (Fsp3) is 0.130. The molecule has 2 aromatic carbocycles. The third kappa shape index (κ3) is 5.82. The van der Waals surface area contributed by atoms with Crippen molar-refractivity contribution in [2.75, 3.05) is 18.4 Å². The van der Waals surface area contributed by atoms with Crippen molar-refractivity contribution in [3.8, 4) is 5.69 Å². The molecule has 11 heteroatoms. The maximum Gasteiger partial charge on any atom is 0.291 e. The van der Waals surface area contributed by atoms with Gasteiger partial charge in [0.1, 0.15) is 11.6 Å². The van der Waals surface area contributed by atoms with Crippen molar-refractivity contribution in [1.29, 1.82) is 0 Å². The number of carbonyl (C=O) groups is 1. The number of carbonyl (C=O) groups excluding carboxylic acids is 1. The molecule has 34 heavy (non-hydrogen) atoms. The average Bonchev–Trinajstić information content (AvgIpc) is 3.26. The van der Waals surface area contributed by atoms with Gasteiger partial charge in [-0.2, -0.15) is 0 Å². The molecule has 2 aromatic heterocycles. The van der Waals surface area contributed by atoms with E-state index in [0.29, 0.717) is 36.8 Å². The van der Waals surface area contributed by atoms with Crippen molar-refractivity contribution in [3.63, 3.8) is 0 Å². The number of nitrogens with zero attached hydrogens (tertiary/aromatic N) is 4. The number of aromatic nitrogens is 4. The van der Waals surface area contributed by atoms with Crippen LogP contribution in [0.15, 0.2) is 83.9 Å². The fourth-order valence-electron chi connectivity index (χ4n) is 3.23. The van der Waals surface area contributed by atoms with E-state index in [1.807, 2.05) is 48.5 Å². The summed E-state index contributed by atoms with van der Waals surface area (Å²) in [5.74, 6) is 0.842. The van der Waals surface area contributed by atoms with Gasteiger partial charge >= 0.3 is 0 Å². The number of amides is 1. The Morgan fingerprint density at radius 1 is 0.941 bits per heavy atom. The van der Waals surface area contributed by atoms with Gasteiger partial charge in [-0.25, -0.2) is 28.2 Å². The smallest absolute Gasteiger partial charge is 0.291 e. The second-order valence-corrected chi connectivity index (χ2v) is 8.92. The zero-order valence-corrected chi connectivity index (χ0v) is 18.9. The van der Waals surface area contributed by atoms with Crippen molar-refractivity contribution in [1.82, 2.24) is 25.1 Å². The molecule has 0 saturated carbocycles. The lowest BCUT2D eigenvalue weighted by molar-refractivity contribution is 0.0945. The van der Waals surface area contributed by atoms with Crippen LogP contribution in [0, 0.1) is 0 Å². The third-order valence-electron chi connectivity index (χ3n) is 4.87. The maximum absolute atomic E-state index is 12.7. The van der Waals surface area contributed by atoms with Gasteiger partial charge in [-0.1, -0.05) is 36.4 Å². The Morgan fingerprint density at radius 3 is 2.35 bits per heavy atom. The number of nitrogens with two attached hydrogens (primary N) is 1. The van der Waals surface area contributed by atoms with Crippen LogP contribution in [-0.2, 0) is 16.4 Å². The van der Waals surface area contributed by atoms with Crippen LogP contribution >= 0.6 is 0 Å². The molecule has 0 radical (unpaired) electrons. The second kappa shape index (κ2) is 10.2. The number of pyridine rings is 1. The first-order valence-corrected chi connectivity index (χ1v) is 12.0. The van der Waals surface area contributed by atoms with Crippen LogP contribution in [0.5, 0.6) is 0 Å². The minimum absolute atomic E-state index is 0.0132. The van der Waals surface area contributed by atoms with Crippen LogP contribution in [0.4, 0.5) is 5.82 Å². The summed E-state index contributed by atoms with van der Waals surface area (Å²) in [6.07, 6.45) is 2.11. The van der Waals surface area contributed by atoms with Gasteiger partial charge in [0.2, 0.25) is 15.8 Å². The van der Waals surface area contributed by atoms with Crippen LogP contribution in [0.3, 0.4) is 0 Å². The summed E-state index contributed by atoms with van der Waals surface area (Å²) in [6.45, 7) is 0.830. The van der Waals surface area contributed by atoms with E-state index in [2.05, 4.69) is 25.7 Å². The van der Waals surface area contributed by atoms with Crippen molar-refractivity contribution >= 4 is 21.7 Å². The lowest BCUT2D eigenvalue weighted by atomic mass is 10.1. The predicted octanol–water partition coefficient (Wildman–Crippen LogP) is 1.74. The minimum Gasteiger partial charge on any atom is -0.368 e. The van der Waals surface area contributed by atoms with Crippen LogP contribution in [0.1, 0.15) is 22.0 Å². The van der Waals surface area contributed by atoms with Gasteiger partial charge in [-0.15, -0.1) is 5.10 Å². The maximum atomic E-state index is 12.7. The van der Waals surface area contributed by atoms with Gasteiger partial charge in [0.05, 0.1) is 10.6 Å². The Morgan fingerprint density at radius 2 is 1.68 bits per heavy atom. The molecule has 0 spiro atoms. The van der Waals surface area contributed by atoms with Crippen molar-refractivity contribution in [2.45, 2.75) is 11.3 Å². The molecule has 1 amide bonds. The topological polar surface area (TPSA) is 145 Å². The van der Waals surface area contributed by atoms with E-state index >= 15 is 0 Å². The Hall–Kier alpha value is -4.09. The van der Waals surface area contributed by atoms with Crippen LogP contribution in [0.25, 0.3) is 5.69 Å². The monoisotopic (exact) mass is 477 g/mol. The van der Waals surface area contributed by atoms with E-state index in [0.717, 1.165) is 5.56 Å². The number of rotatable bonds is 9. The largest absolute Gasteiger partial charge is 0.368 e. The molecule has 0 fully saturated rings. The number of sulfonamides is 1. The highest BCUT2D eigenvalue weighted by Gasteiger charge is 2.18. The van der Waals surface area contributed by atoms with E-state index < -0.39 is 15.9 Å². The molecule has 0 saturated heterocycles. The van der Waals surface area contributed by atoms with Gasteiger partial charge in [-0.3, -0.25) is 4.79 Å². The van der Waals surface area contributed by atoms with Gasteiger partial charge in [0.25, 0.3) is 5.91 Å². The zero-order valence-electron chi connectivity index (χ0n) is 18.1. The molecule has 4 N–H and O–H groups in total. The summed E-state index contributed by atoms with van der Waals surface area (Å²) in [7, 11) is -3.82. The molecule has 4 rings (SSSR count). The van der Waals surface area contributed by atoms with E-state index in [1.54, 1.807) is 18.3 Å². The fourth-order valence-corrected chi connectivity index (χ4v) is 3.75.